The van der Waals surface area contributed by atoms with Crippen LogP contribution in [0.5, 0.6) is 0 Å². The number of benzene rings is 1. The summed E-state index contributed by atoms with van der Waals surface area (Å²) in [5, 5.41) is 5.50. The number of nitrogens with one attached hydrogen (secondary N) is 2. The van der Waals surface area contributed by atoms with E-state index in [0.717, 1.165) is 32.7 Å². The number of carbonyl (C=O) groups is 2. The van der Waals surface area contributed by atoms with E-state index in [1.807, 2.05) is 0 Å². The smallest absolute Gasteiger partial charge is 0.316 e. The van der Waals surface area contributed by atoms with Crippen LogP contribution in [0.15, 0.2) is 24.3 Å². The van der Waals surface area contributed by atoms with Crippen molar-refractivity contribution in [3.05, 3.63) is 29.8 Å². The monoisotopic (exact) mass is 348 g/mol. The molecule has 0 spiro atoms. The molecule has 0 radical (unpaired) electrons. The van der Waals surface area contributed by atoms with Crippen LogP contribution in [0, 0.1) is 5.92 Å². The Kier molecular flexibility index (Phi) is 7.21. The molecule has 138 valence electrons. The van der Waals surface area contributed by atoms with Crippen LogP contribution in [0.25, 0.3) is 0 Å². The fourth-order valence-corrected chi connectivity index (χ4v) is 3.01. The van der Waals surface area contributed by atoms with Crippen molar-refractivity contribution in [3.8, 4) is 0 Å². The molecule has 1 aliphatic heterocycles. The summed E-state index contributed by atoms with van der Waals surface area (Å²) in [4.78, 5) is 25.6. The summed E-state index contributed by atoms with van der Waals surface area (Å²) < 4.78 is 5.42. The topological polar surface area (TPSA) is 96.7 Å². The highest BCUT2D eigenvalue weighted by Gasteiger charge is 2.22. The van der Waals surface area contributed by atoms with Gasteiger partial charge in [-0.2, -0.15) is 0 Å². The number of anilines is 1. The van der Waals surface area contributed by atoms with Gasteiger partial charge >= 0.3 is 6.03 Å². The molecular weight excluding hydrogens is 320 g/mol. The molecule has 7 nitrogen and oxygen atoms in total. The van der Waals surface area contributed by atoms with Gasteiger partial charge in [-0.05, 0) is 36.6 Å². The van der Waals surface area contributed by atoms with Gasteiger partial charge in [0.05, 0.1) is 13.2 Å². The normalized spacial score (nSPS) is 16.4. The molecule has 1 fully saturated rings. The highest BCUT2D eigenvalue weighted by atomic mass is 16.5. The molecule has 25 heavy (non-hydrogen) atoms. The molecule has 4 N–H and O–H groups in total. The summed E-state index contributed by atoms with van der Waals surface area (Å²) in [7, 11) is 0. The minimum Gasteiger partial charge on any atom is -0.379 e. The van der Waals surface area contributed by atoms with Crippen LogP contribution in [0.3, 0.4) is 0 Å². The van der Waals surface area contributed by atoms with Gasteiger partial charge in [-0.15, -0.1) is 0 Å². The molecule has 0 aliphatic carbocycles. The molecule has 1 saturated heterocycles. The van der Waals surface area contributed by atoms with E-state index in [9.17, 15) is 9.59 Å². The van der Waals surface area contributed by atoms with Crippen LogP contribution < -0.4 is 16.4 Å². The van der Waals surface area contributed by atoms with Gasteiger partial charge in [0.2, 0.25) is 0 Å². The summed E-state index contributed by atoms with van der Waals surface area (Å²) in [5.74, 6) is 0.441. The van der Waals surface area contributed by atoms with Gasteiger partial charge in [-0.3, -0.25) is 9.69 Å². The third-order valence-corrected chi connectivity index (χ3v) is 4.22. The Labute approximate surface area is 148 Å². The molecule has 1 unspecified atom stereocenters. The minimum absolute atomic E-state index is 0.118. The largest absolute Gasteiger partial charge is 0.379 e. The number of primary amides is 1. The zero-order valence-electron chi connectivity index (χ0n) is 15.0. The van der Waals surface area contributed by atoms with Gasteiger partial charge in [-0.1, -0.05) is 13.8 Å². The van der Waals surface area contributed by atoms with E-state index >= 15 is 0 Å². The lowest BCUT2D eigenvalue weighted by Crippen LogP contribution is -2.49. The molecule has 1 atom stereocenters. The lowest BCUT2D eigenvalue weighted by atomic mass is 10.0. The number of amides is 3. The van der Waals surface area contributed by atoms with Gasteiger partial charge < -0.3 is 21.1 Å². The van der Waals surface area contributed by atoms with Crippen LogP contribution in [0.2, 0.25) is 0 Å². The van der Waals surface area contributed by atoms with E-state index in [-0.39, 0.29) is 5.91 Å². The molecule has 1 aliphatic rings. The fraction of sp³-hybridized carbons (Fsp3) is 0.556. The van der Waals surface area contributed by atoms with E-state index in [0.29, 0.717) is 29.8 Å². The van der Waals surface area contributed by atoms with Gasteiger partial charge in [-0.25, -0.2) is 4.79 Å². The van der Waals surface area contributed by atoms with E-state index in [2.05, 4.69) is 29.4 Å². The Morgan fingerprint density at radius 2 is 1.84 bits per heavy atom. The van der Waals surface area contributed by atoms with E-state index in [1.165, 1.54) is 0 Å². The number of carbonyl (C=O) groups excluding carboxylic acids is 2. The summed E-state index contributed by atoms with van der Waals surface area (Å²) in [6, 6.07) is 6.35. The van der Waals surface area contributed by atoms with E-state index in [1.54, 1.807) is 24.3 Å². The van der Waals surface area contributed by atoms with Gasteiger partial charge in [0.15, 0.2) is 0 Å². The second-order valence-corrected chi connectivity index (χ2v) is 6.71. The van der Waals surface area contributed by atoms with Crippen molar-refractivity contribution in [1.29, 1.82) is 0 Å². The summed E-state index contributed by atoms with van der Waals surface area (Å²) >= 11 is 0. The van der Waals surface area contributed by atoms with Crippen molar-refractivity contribution in [3.63, 3.8) is 0 Å². The maximum Gasteiger partial charge on any atom is 0.316 e. The highest BCUT2D eigenvalue weighted by molar-refractivity contribution is 5.95. The third-order valence-electron chi connectivity index (χ3n) is 4.22. The number of nitrogens with zero attached hydrogens (tertiary/aromatic N) is 1. The molecule has 1 aromatic carbocycles. The average Bonchev–Trinajstić information content (AvgIpc) is 2.59. The molecule has 7 heteroatoms. The summed E-state index contributed by atoms with van der Waals surface area (Å²) in [6.07, 6.45) is 1.03. The van der Waals surface area contributed by atoms with Gasteiger partial charge in [0.1, 0.15) is 0 Å². The van der Waals surface area contributed by atoms with Crippen molar-refractivity contribution in [2.24, 2.45) is 11.7 Å². The summed E-state index contributed by atoms with van der Waals surface area (Å²) in [6.45, 7) is 8.30. The standard InChI is InChI=1S/C18H28N4O3/c1-13(2)11-16(22-7-9-25-10-8-22)12-20-17(23)14-3-5-15(6-4-14)21-18(19)24/h3-6,13,16H,7-12H2,1-2H3,(H,20,23)(H3,19,21,24). The second-order valence-electron chi connectivity index (χ2n) is 6.71. The fourth-order valence-electron chi connectivity index (χ4n) is 3.01. The first kappa shape index (κ1) is 19.2. The number of hydrogen-bond donors (Lipinski definition) is 3. The average molecular weight is 348 g/mol. The number of morpholine rings is 1. The Bertz CT molecular complexity index is 568. The molecular formula is C18H28N4O3. The first-order chi connectivity index (χ1) is 12.0. The Morgan fingerprint density at radius 3 is 2.40 bits per heavy atom. The Hall–Kier alpha value is -2.12. The van der Waals surface area contributed by atoms with Crippen molar-refractivity contribution in [2.75, 3.05) is 38.2 Å². The maximum atomic E-state index is 12.4. The zero-order chi connectivity index (χ0) is 18.2. The molecule has 0 aromatic heterocycles. The van der Waals surface area contributed by atoms with Gasteiger partial charge in [0.25, 0.3) is 5.91 Å². The first-order valence-electron chi connectivity index (χ1n) is 8.72. The number of nitrogens with two attached hydrogens (primary N) is 1. The maximum absolute atomic E-state index is 12.4. The van der Waals surface area contributed by atoms with Crippen molar-refractivity contribution < 1.29 is 14.3 Å². The molecule has 1 heterocycles. The number of rotatable bonds is 7. The van der Waals surface area contributed by atoms with Crippen LogP contribution in [0.4, 0.5) is 10.5 Å². The lowest BCUT2D eigenvalue weighted by molar-refractivity contribution is 0.0124. The SMILES string of the molecule is CC(C)CC(CNC(=O)c1ccc(NC(N)=O)cc1)N1CCOCC1. The van der Waals surface area contributed by atoms with Crippen LogP contribution in [-0.2, 0) is 4.74 Å². The second kappa shape index (κ2) is 9.39. The number of hydrogen-bond acceptors (Lipinski definition) is 4. The van der Waals surface area contributed by atoms with Gasteiger partial charge in [0, 0.05) is 36.9 Å². The first-order valence-corrected chi connectivity index (χ1v) is 8.72. The van der Waals surface area contributed by atoms with E-state index < -0.39 is 6.03 Å². The highest BCUT2D eigenvalue weighted by Crippen LogP contribution is 2.14. The van der Waals surface area contributed by atoms with Crippen LogP contribution >= 0.6 is 0 Å². The predicted molar refractivity (Wildman–Crippen MR) is 97.6 cm³/mol. The quantitative estimate of drug-likeness (QED) is 0.698. The predicted octanol–water partition coefficient (Wildman–Crippen LogP) is 1.65. The van der Waals surface area contributed by atoms with Crippen LogP contribution in [-0.4, -0.2) is 55.7 Å². The number of urea groups is 1. The Balaban J connectivity index is 1.91. The summed E-state index contributed by atoms with van der Waals surface area (Å²) in [5.41, 5.74) is 6.19. The Morgan fingerprint density at radius 1 is 1.20 bits per heavy atom. The van der Waals surface area contributed by atoms with E-state index in [4.69, 9.17) is 10.5 Å². The van der Waals surface area contributed by atoms with Crippen molar-refractivity contribution in [1.82, 2.24) is 10.2 Å². The van der Waals surface area contributed by atoms with Crippen molar-refractivity contribution in [2.45, 2.75) is 26.3 Å². The zero-order valence-corrected chi connectivity index (χ0v) is 15.0. The lowest BCUT2D eigenvalue weighted by Gasteiger charge is -2.35. The number of ether oxygens (including phenoxy) is 1. The minimum atomic E-state index is -0.626. The molecule has 0 saturated carbocycles. The molecule has 3 amide bonds. The van der Waals surface area contributed by atoms with Crippen LogP contribution in [0.1, 0.15) is 30.6 Å². The molecule has 1 aromatic rings. The third kappa shape index (κ3) is 6.36. The molecule has 2 rings (SSSR count). The molecule has 0 bridgehead atoms. The van der Waals surface area contributed by atoms with Crippen molar-refractivity contribution >= 4 is 17.6 Å².